The number of carbonyl (C=O) groups excluding carboxylic acids is 1. The van der Waals surface area contributed by atoms with Crippen LogP contribution in [0.1, 0.15) is 22.4 Å². The van der Waals surface area contributed by atoms with Crippen molar-refractivity contribution < 1.29 is 14.3 Å². The molecule has 0 bridgehead atoms. The molecule has 246 valence electrons. The summed E-state index contributed by atoms with van der Waals surface area (Å²) in [6.07, 6.45) is 3.13. The van der Waals surface area contributed by atoms with Crippen molar-refractivity contribution in [1.82, 2.24) is 19.7 Å². The van der Waals surface area contributed by atoms with Crippen LogP contribution in [0.3, 0.4) is 0 Å². The first-order valence-corrected chi connectivity index (χ1v) is 16.3. The molecular formula is C42H35N5O3. The van der Waals surface area contributed by atoms with Crippen molar-refractivity contribution in [3.8, 4) is 39.5 Å². The van der Waals surface area contributed by atoms with Crippen molar-refractivity contribution in [2.75, 3.05) is 13.2 Å². The van der Waals surface area contributed by atoms with Crippen LogP contribution < -0.4 is 10.5 Å². The molecule has 1 amide bonds. The van der Waals surface area contributed by atoms with Crippen LogP contribution in [0.4, 0.5) is 4.79 Å². The number of rotatable bonds is 11. The van der Waals surface area contributed by atoms with Gasteiger partial charge in [0.05, 0.1) is 11.4 Å². The van der Waals surface area contributed by atoms with Gasteiger partial charge in [0, 0.05) is 29.2 Å². The summed E-state index contributed by atoms with van der Waals surface area (Å²) in [5.41, 5.74) is 13.5. The molecule has 3 aromatic heterocycles. The minimum absolute atomic E-state index is 0.0760. The molecule has 0 atom stereocenters. The Kier molecular flexibility index (Phi) is 9.16. The zero-order valence-corrected chi connectivity index (χ0v) is 27.5. The lowest BCUT2D eigenvalue weighted by atomic mass is 9.77. The summed E-state index contributed by atoms with van der Waals surface area (Å²) >= 11 is 0. The van der Waals surface area contributed by atoms with E-state index in [1.54, 1.807) is 0 Å². The van der Waals surface area contributed by atoms with E-state index in [0.29, 0.717) is 5.75 Å². The van der Waals surface area contributed by atoms with Gasteiger partial charge >= 0.3 is 6.09 Å². The average molecular weight is 658 g/mol. The van der Waals surface area contributed by atoms with Crippen molar-refractivity contribution in [1.29, 1.82) is 0 Å². The van der Waals surface area contributed by atoms with Crippen molar-refractivity contribution in [3.05, 3.63) is 180 Å². The number of nitrogens with zero attached hydrogens (tertiary/aromatic N) is 4. The minimum atomic E-state index is -0.826. The maximum Gasteiger partial charge on any atom is 0.404 e. The van der Waals surface area contributed by atoms with E-state index in [2.05, 4.69) is 89.7 Å². The Morgan fingerprint density at radius 3 is 1.90 bits per heavy atom. The lowest BCUT2D eigenvalue weighted by molar-refractivity contribution is 0.134. The maximum absolute atomic E-state index is 10.8. The smallest absolute Gasteiger partial charge is 0.404 e. The molecule has 0 saturated heterocycles. The predicted octanol–water partition coefficient (Wildman–Crippen LogP) is 8.30. The second-order valence-corrected chi connectivity index (χ2v) is 11.8. The highest BCUT2D eigenvalue weighted by molar-refractivity contribution is 5.81. The molecule has 0 fully saturated rings. The van der Waals surface area contributed by atoms with Gasteiger partial charge in [0.2, 0.25) is 0 Å². The summed E-state index contributed by atoms with van der Waals surface area (Å²) in [6.45, 7) is 2.27. The Morgan fingerprint density at radius 2 is 1.32 bits per heavy atom. The molecule has 50 heavy (non-hydrogen) atoms. The van der Waals surface area contributed by atoms with E-state index in [4.69, 9.17) is 30.3 Å². The molecule has 8 nitrogen and oxygen atoms in total. The summed E-state index contributed by atoms with van der Waals surface area (Å²) in [7, 11) is 0. The van der Waals surface area contributed by atoms with Crippen molar-refractivity contribution in [2.24, 2.45) is 5.73 Å². The summed E-state index contributed by atoms with van der Waals surface area (Å²) in [4.78, 5) is 20.5. The number of benzene rings is 4. The third-order valence-electron chi connectivity index (χ3n) is 8.58. The maximum atomic E-state index is 10.8. The molecule has 2 N–H and O–H groups in total. The second kappa shape index (κ2) is 14.3. The largest absolute Gasteiger partial charge is 0.490 e. The summed E-state index contributed by atoms with van der Waals surface area (Å²) in [5.74, 6) is 0.645. The Hall–Kier alpha value is -6.54. The molecule has 8 heteroatoms. The number of amides is 1. The van der Waals surface area contributed by atoms with E-state index >= 15 is 0 Å². The molecule has 7 aromatic rings. The van der Waals surface area contributed by atoms with Crippen molar-refractivity contribution in [2.45, 2.75) is 12.5 Å². The van der Waals surface area contributed by atoms with Gasteiger partial charge in [0.1, 0.15) is 30.2 Å². The number of carbonyl (C=O) groups is 1. The average Bonchev–Trinajstić information content (AvgIpc) is 3.61. The number of pyridine rings is 2. The summed E-state index contributed by atoms with van der Waals surface area (Å²) in [6, 6.07) is 49.3. The number of aromatic nitrogens is 4. The molecular weight excluding hydrogens is 622 g/mol. The van der Waals surface area contributed by atoms with Crippen LogP contribution in [0.2, 0.25) is 0 Å². The number of primary amides is 1. The third-order valence-corrected chi connectivity index (χ3v) is 8.58. The molecule has 0 aliphatic heterocycles. The van der Waals surface area contributed by atoms with Crippen molar-refractivity contribution >= 4 is 6.09 Å². The van der Waals surface area contributed by atoms with Gasteiger partial charge in [0.25, 0.3) is 0 Å². The van der Waals surface area contributed by atoms with Crippen LogP contribution >= 0.6 is 0 Å². The Morgan fingerprint density at radius 1 is 0.700 bits per heavy atom. The summed E-state index contributed by atoms with van der Waals surface area (Å²) < 4.78 is 12.5. The fourth-order valence-electron chi connectivity index (χ4n) is 6.34. The molecule has 4 aromatic carbocycles. The number of hydrogen-bond acceptors (Lipinski definition) is 6. The highest BCUT2D eigenvalue weighted by Crippen LogP contribution is 2.43. The van der Waals surface area contributed by atoms with Crippen LogP contribution in [-0.2, 0) is 10.3 Å². The van der Waals surface area contributed by atoms with E-state index < -0.39 is 11.6 Å². The fourth-order valence-corrected chi connectivity index (χ4v) is 6.34. The molecule has 0 radical (unpaired) electrons. The van der Waals surface area contributed by atoms with Crippen LogP contribution in [-0.4, -0.2) is 39.1 Å². The van der Waals surface area contributed by atoms with Crippen LogP contribution in [0.25, 0.3) is 33.8 Å². The van der Waals surface area contributed by atoms with E-state index in [9.17, 15) is 4.79 Å². The number of ether oxygens (including phenoxy) is 2. The zero-order valence-electron chi connectivity index (χ0n) is 27.5. The standard InChI is InChI=1S/C42H35N5O3/c1-30-12-11-19-38(45-30)40-37(32-24-25-44-39(28-32)31-20-22-36(23-21-31)49-26-27-50-41(43)48)29-47(46-40)42(33-13-5-2-6-14-33,34-15-7-3-8-16-34)35-17-9-4-10-18-35/h2-25,28-29H,26-27H2,1H3,(H2,43,48). The van der Waals surface area contributed by atoms with Gasteiger partial charge < -0.3 is 15.2 Å². The normalized spacial score (nSPS) is 11.2. The number of nitrogens with two attached hydrogens (primary N) is 1. The quantitative estimate of drug-likeness (QED) is 0.111. The van der Waals surface area contributed by atoms with Gasteiger partial charge in [-0.2, -0.15) is 5.10 Å². The first-order valence-electron chi connectivity index (χ1n) is 16.3. The van der Waals surface area contributed by atoms with Crippen LogP contribution in [0, 0.1) is 6.92 Å². The third kappa shape index (κ3) is 6.47. The first kappa shape index (κ1) is 32.0. The molecule has 0 aliphatic rings. The van der Waals surface area contributed by atoms with Gasteiger partial charge in [-0.3, -0.25) is 14.6 Å². The Labute approximate surface area is 290 Å². The number of aryl methyl sites for hydroxylation is 1. The zero-order chi connectivity index (χ0) is 34.3. The lowest BCUT2D eigenvalue weighted by Crippen LogP contribution is -2.38. The number of hydrogen-bond donors (Lipinski definition) is 1. The van der Waals surface area contributed by atoms with Gasteiger partial charge in [-0.15, -0.1) is 0 Å². The molecule has 3 heterocycles. The molecule has 0 unspecified atom stereocenters. The Balaban J connectivity index is 1.38. The van der Waals surface area contributed by atoms with Crippen LogP contribution in [0.15, 0.2) is 158 Å². The van der Waals surface area contributed by atoms with E-state index in [0.717, 1.165) is 56.2 Å². The van der Waals surface area contributed by atoms with Gasteiger partial charge in [-0.1, -0.05) is 97.1 Å². The minimum Gasteiger partial charge on any atom is -0.490 e. The van der Waals surface area contributed by atoms with E-state index in [-0.39, 0.29) is 13.2 Å². The van der Waals surface area contributed by atoms with Crippen LogP contribution in [0.5, 0.6) is 5.75 Å². The molecule has 0 spiro atoms. The monoisotopic (exact) mass is 657 g/mol. The van der Waals surface area contributed by atoms with Gasteiger partial charge in [-0.25, -0.2) is 4.79 Å². The van der Waals surface area contributed by atoms with Gasteiger partial charge in [-0.05, 0) is 77.7 Å². The lowest BCUT2D eigenvalue weighted by Gasteiger charge is -2.36. The fraction of sp³-hybridized carbons (Fsp3) is 0.0952. The predicted molar refractivity (Wildman–Crippen MR) is 194 cm³/mol. The molecule has 0 aliphatic carbocycles. The molecule has 0 saturated carbocycles. The van der Waals surface area contributed by atoms with Crippen molar-refractivity contribution in [3.63, 3.8) is 0 Å². The second-order valence-electron chi connectivity index (χ2n) is 11.8. The van der Waals surface area contributed by atoms with Gasteiger partial charge in [0.15, 0.2) is 0 Å². The summed E-state index contributed by atoms with van der Waals surface area (Å²) in [5, 5.41) is 5.44. The first-order chi connectivity index (χ1) is 24.5. The molecule has 7 rings (SSSR count). The highest BCUT2D eigenvalue weighted by atomic mass is 16.6. The highest BCUT2D eigenvalue weighted by Gasteiger charge is 2.40. The topological polar surface area (TPSA) is 105 Å². The van der Waals surface area contributed by atoms with E-state index in [1.165, 1.54) is 0 Å². The SMILES string of the molecule is Cc1cccc(-c2nn(C(c3ccccc3)(c3ccccc3)c3ccccc3)cc2-c2ccnc(-c3ccc(OCCOC(N)=O)cc3)c2)n1. The van der Waals surface area contributed by atoms with E-state index in [1.807, 2.05) is 79.9 Å². The Bertz CT molecular complexity index is 2110.